The van der Waals surface area contributed by atoms with Gasteiger partial charge in [0.15, 0.2) is 0 Å². The van der Waals surface area contributed by atoms with Crippen molar-refractivity contribution in [1.29, 1.82) is 0 Å². The summed E-state index contributed by atoms with van der Waals surface area (Å²) >= 11 is 0. The minimum absolute atomic E-state index is 0. The Hall–Kier alpha value is 0.454. The first-order valence-corrected chi connectivity index (χ1v) is 3.37. The molecule has 0 aliphatic heterocycles. The third-order valence-corrected chi connectivity index (χ3v) is 0.909. The van der Waals surface area contributed by atoms with Gasteiger partial charge in [-0.05, 0) is 0 Å². The minimum Gasteiger partial charge on any atom is -0.343 e. The molecule has 0 aliphatic carbocycles. The predicted octanol–water partition coefficient (Wildman–Crippen LogP) is 3.02. The van der Waals surface area contributed by atoms with Gasteiger partial charge in [-0.15, -0.1) is 0 Å². The van der Waals surface area contributed by atoms with Gasteiger partial charge in [0.1, 0.15) is 0 Å². The summed E-state index contributed by atoms with van der Waals surface area (Å²) in [5.41, 5.74) is 0. The smallest absolute Gasteiger partial charge is 0 e. The summed E-state index contributed by atoms with van der Waals surface area (Å²) in [5, 5.41) is 0. The van der Waals surface area contributed by atoms with Gasteiger partial charge in [-0.3, -0.25) is 0 Å². The van der Waals surface area contributed by atoms with Crippen molar-refractivity contribution in [2.45, 2.75) is 19.8 Å². The molecule has 0 aliphatic rings. The molecule has 0 nitrogen and oxygen atoms in total. The average Bonchev–Trinajstić information content (AvgIpc) is 2.43. The van der Waals surface area contributed by atoms with E-state index in [1.165, 1.54) is 6.42 Å². The Morgan fingerprint density at radius 1 is 1.30 bits per heavy atom. The van der Waals surface area contributed by atoms with Crippen LogP contribution < -0.4 is 0 Å². The van der Waals surface area contributed by atoms with Crippen LogP contribution in [0.3, 0.4) is 0 Å². The second kappa shape index (κ2) is 12.2. The van der Waals surface area contributed by atoms with Crippen LogP contribution in [0.2, 0.25) is 0 Å². The van der Waals surface area contributed by atoms with E-state index in [9.17, 15) is 0 Å². The van der Waals surface area contributed by atoms with E-state index in [0.717, 1.165) is 6.42 Å². The van der Waals surface area contributed by atoms with Crippen LogP contribution in [0, 0.1) is 6.92 Å². The molecule has 0 atom stereocenters. The van der Waals surface area contributed by atoms with Gasteiger partial charge in [0.2, 0.25) is 0 Å². The fourth-order valence-electron chi connectivity index (χ4n) is 0.321. The topological polar surface area (TPSA) is 0 Å². The standard InChI is InChI=1S/C5H5.C4H9.Y/c1-2-4-5-3-1;1-3-4-2;/h1-5H;1,3-4H2,2H3;/q2*-1;. The SMILES string of the molecule is [CH2-]CCC.[Y].c1cc[cH-]c1. The molecule has 1 heteroatoms. The van der Waals surface area contributed by atoms with E-state index >= 15 is 0 Å². The van der Waals surface area contributed by atoms with Crippen molar-refractivity contribution in [1.82, 2.24) is 0 Å². The third kappa shape index (κ3) is 11.3. The molecule has 1 rings (SSSR count). The van der Waals surface area contributed by atoms with Crippen LogP contribution in [-0.2, 0) is 32.7 Å². The summed E-state index contributed by atoms with van der Waals surface area (Å²) in [6, 6.07) is 10.0. The van der Waals surface area contributed by atoms with Gasteiger partial charge in [-0.2, -0.15) is 24.6 Å². The van der Waals surface area contributed by atoms with Crippen LogP contribution in [0.5, 0.6) is 0 Å². The Labute approximate surface area is 89.3 Å². The Bertz CT molecular complexity index is 80.3. The summed E-state index contributed by atoms with van der Waals surface area (Å²) in [4.78, 5) is 0. The molecular weight excluding hydrogens is 197 g/mol. The summed E-state index contributed by atoms with van der Waals surface area (Å²) < 4.78 is 0. The van der Waals surface area contributed by atoms with E-state index in [1.54, 1.807) is 0 Å². The van der Waals surface area contributed by atoms with Crippen molar-refractivity contribution in [3.63, 3.8) is 0 Å². The molecule has 0 unspecified atom stereocenters. The normalized spacial score (nSPS) is 7.00. The van der Waals surface area contributed by atoms with Crippen molar-refractivity contribution in [3.05, 3.63) is 37.3 Å². The molecule has 55 valence electrons. The molecule has 1 aromatic rings. The Kier molecular flexibility index (Phi) is 15.9. The van der Waals surface area contributed by atoms with Crippen LogP contribution in [0.1, 0.15) is 19.8 Å². The molecule has 10 heavy (non-hydrogen) atoms. The monoisotopic (exact) mass is 211 g/mol. The zero-order valence-corrected chi connectivity index (χ0v) is 9.42. The number of rotatable bonds is 1. The van der Waals surface area contributed by atoms with Crippen LogP contribution in [0.25, 0.3) is 0 Å². The molecule has 0 saturated carbocycles. The molecule has 0 aromatic heterocycles. The Balaban J connectivity index is 0. The molecule has 0 heterocycles. The van der Waals surface area contributed by atoms with Crippen LogP contribution >= 0.6 is 0 Å². The molecule has 1 radical (unpaired) electrons. The van der Waals surface area contributed by atoms with E-state index in [-0.39, 0.29) is 32.7 Å². The summed E-state index contributed by atoms with van der Waals surface area (Å²) in [5.74, 6) is 0. The molecule has 0 fully saturated rings. The Morgan fingerprint density at radius 2 is 1.70 bits per heavy atom. The second-order valence-electron chi connectivity index (χ2n) is 1.82. The first kappa shape index (κ1) is 13.1. The maximum atomic E-state index is 3.60. The maximum Gasteiger partial charge on any atom is 0 e. The molecule has 0 amide bonds. The van der Waals surface area contributed by atoms with E-state index in [4.69, 9.17) is 0 Å². The van der Waals surface area contributed by atoms with Crippen LogP contribution in [0.4, 0.5) is 0 Å². The summed E-state index contributed by atoms with van der Waals surface area (Å²) in [6.45, 7) is 5.72. The maximum absolute atomic E-state index is 3.60. The number of hydrogen-bond acceptors (Lipinski definition) is 0. The van der Waals surface area contributed by atoms with E-state index < -0.39 is 0 Å². The fourth-order valence-corrected chi connectivity index (χ4v) is 0.321. The quantitative estimate of drug-likeness (QED) is 0.626. The zero-order valence-electron chi connectivity index (χ0n) is 6.59. The van der Waals surface area contributed by atoms with Crippen LogP contribution in [-0.4, -0.2) is 0 Å². The molecule has 0 N–H and O–H groups in total. The third-order valence-electron chi connectivity index (χ3n) is 0.909. The second-order valence-corrected chi connectivity index (χ2v) is 1.82. The fraction of sp³-hybridized carbons (Fsp3) is 0.333. The van der Waals surface area contributed by atoms with Crippen molar-refractivity contribution < 1.29 is 32.7 Å². The van der Waals surface area contributed by atoms with Gasteiger partial charge < -0.3 is 6.92 Å². The predicted molar refractivity (Wildman–Crippen MR) is 42.3 cm³/mol. The van der Waals surface area contributed by atoms with Gasteiger partial charge >= 0.3 is 0 Å². The number of hydrogen-bond donors (Lipinski definition) is 0. The first-order valence-electron chi connectivity index (χ1n) is 3.37. The molecule has 0 saturated heterocycles. The number of unbranched alkanes of at least 4 members (excludes halogenated alkanes) is 1. The van der Waals surface area contributed by atoms with Crippen molar-refractivity contribution in [2.24, 2.45) is 0 Å². The summed E-state index contributed by atoms with van der Waals surface area (Å²) in [6.07, 6.45) is 2.28. The first-order chi connectivity index (χ1) is 4.41. The van der Waals surface area contributed by atoms with Gasteiger partial charge in [0, 0.05) is 32.7 Å². The minimum atomic E-state index is 0. The molecule has 0 spiro atoms. The molecular formula is C9H14Y-2. The van der Waals surface area contributed by atoms with E-state index in [2.05, 4.69) is 13.8 Å². The average molecular weight is 211 g/mol. The van der Waals surface area contributed by atoms with E-state index in [1.807, 2.05) is 30.3 Å². The van der Waals surface area contributed by atoms with Gasteiger partial charge in [0.25, 0.3) is 0 Å². The van der Waals surface area contributed by atoms with Gasteiger partial charge in [-0.1, -0.05) is 13.3 Å². The van der Waals surface area contributed by atoms with Crippen molar-refractivity contribution in [3.8, 4) is 0 Å². The summed E-state index contributed by atoms with van der Waals surface area (Å²) in [7, 11) is 0. The van der Waals surface area contributed by atoms with E-state index in [0.29, 0.717) is 0 Å². The zero-order chi connectivity index (χ0) is 6.95. The van der Waals surface area contributed by atoms with Crippen molar-refractivity contribution >= 4 is 0 Å². The largest absolute Gasteiger partial charge is 0.343 e. The van der Waals surface area contributed by atoms with Crippen LogP contribution in [0.15, 0.2) is 30.3 Å². The van der Waals surface area contributed by atoms with Gasteiger partial charge in [-0.25, -0.2) is 12.1 Å². The van der Waals surface area contributed by atoms with Crippen molar-refractivity contribution in [2.75, 3.05) is 0 Å². The Morgan fingerprint density at radius 3 is 1.80 bits per heavy atom. The molecule has 1 aromatic carbocycles. The molecule has 0 bridgehead atoms. The van der Waals surface area contributed by atoms with Gasteiger partial charge in [0.05, 0.1) is 0 Å².